The first-order valence-electron chi connectivity index (χ1n) is 8.05. The molecule has 3 rings (SSSR count). The lowest BCUT2D eigenvalue weighted by Crippen LogP contribution is -2.29. The Hall–Kier alpha value is -0.260. The molecule has 0 radical (unpaired) electrons. The molecule has 2 aliphatic rings. The second-order valence-electron chi connectivity index (χ2n) is 6.00. The van der Waals surface area contributed by atoms with E-state index in [2.05, 4.69) is 49.6 Å². The molecular formula is C16H25N3S2. The normalized spacial score (nSPS) is 29.2. The van der Waals surface area contributed by atoms with E-state index >= 15 is 0 Å². The van der Waals surface area contributed by atoms with Crippen LogP contribution in [-0.4, -0.2) is 32.8 Å². The predicted molar refractivity (Wildman–Crippen MR) is 93.2 cm³/mol. The second kappa shape index (κ2) is 6.88. The van der Waals surface area contributed by atoms with Crippen molar-refractivity contribution in [3.05, 3.63) is 22.8 Å². The van der Waals surface area contributed by atoms with Crippen molar-refractivity contribution >= 4 is 23.5 Å². The lowest BCUT2D eigenvalue weighted by molar-refractivity contribution is 0.607. The first-order valence-corrected chi connectivity index (χ1v) is 10.0. The average Bonchev–Trinajstić information content (AvgIpc) is 2.50. The molecule has 2 aliphatic heterocycles. The van der Waals surface area contributed by atoms with E-state index in [1.54, 1.807) is 0 Å². The number of hydrogen-bond donors (Lipinski definition) is 1. The van der Waals surface area contributed by atoms with Crippen LogP contribution in [0.3, 0.4) is 0 Å². The van der Waals surface area contributed by atoms with E-state index in [4.69, 9.17) is 9.97 Å². The van der Waals surface area contributed by atoms with Gasteiger partial charge >= 0.3 is 0 Å². The number of aromatic nitrogens is 2. The Morgan fingerprint density at radius 2 is 2.10 bits per heavy atom. The zero-order valence-electron chi connectivity index (χ0n) is 13.2. The zero-order valence-corrected chi connectivity index (χ0v) is 14.8. The fourth-order valence-corrected chi connectivity index (χ4v) is 5.78. The van der Waals surface area contributed by atoms with Gasteiger partial charge in [-0.25, -0.2) is 9.97 Å². The molecule has 21 heavy (non-hydrogen) atoms. The van der Waals surface area contributed by atoms with Crippen molar-refractivity contribution in [2.24, 2.45) is 0 Å². The number of fused-ring (bicyclic) bond motifs is 1. The number of thioether (sulfide) groups is 2. The van der Waals surface area contributed by atoms with Gasteiger partial charge in [-0.15, -0.1) is 11.8 Å². The fraction of sp³-hybridized carbons (Fsp3) is 0.750. The Balaban J connectivity index is 1.90. The average molecular weight is 324 g/mol. The molecule has 116 valence electrons. The first kappa shape index (κ1) is 15.6. The van der Waals surface area contributed by atoms with Gasteiger partial charge < -0.3 is 5.32 Å². The Bertz CT molecular complexity index is 507. The molecule has 1 N–H and O–H groups in total. The third kappa shape index (κ3) is 3.40. The van der Waals surface area contributed by atoms with Gasteiger partial charge in [0.2, 0.25) is 0 Å². The molecule has 0 spiro atoms. The third-order valence-electron chi connectivity index (χ3n) is 4.36. The SMILES string of the molecule is CCCc1nc(C2CSC(C)C(C)S2)nc2c1CNCC2. The molecule has 1 aromatic heterocycles. The molecule has 5 heteroatoms. The third-order valence-corrected chi connectivity index (χ3v) is 7.75. The van der Waals surface area contributed by atoms with Gasteiger partial charge in [-0.05, 0) is 6.42 Å². The van der Waals surface area contributed by atoms with Crippen LogP contribution in [0.15, 0.2) is 0 Å². The summed E-state index contributed by atoms with van der Waals surface area (Å²) in [4.78, 5) is 9.93. The van der Waals surface area contributed by atoms with Crippen molar-refractivity contribution in [1.29, 1.82) is 0 Å². The molecule has 3 heterocycles. The van der Waals surface area contributed by atoms with E-state index < -0.39 is 0 Å². The molecule has 3 nitrogen and oxygen atoms in total. The molecule has 3 unspecified atom stereocenters. The summed E-state index contributed by atoms with van der Waals surface area (Å²) in [5, 5.41) is 5.36. The number of nitrogens with one attached hydrogen (secondary N) is 1. The Morgan fingerprint density at radius 1 is 1.24 bits per heavy atom. The standard InChI is InChI=1S/C16H25N3S2/c1-4-5-13-12-8-17-7-6-14(12)19-16(18-13)15-9-20-10(2)11(3)21-15/h10-11,15,17H,4-9H2,1-3H3. The molecule has 3 atom stereocenters. The molecular weight excluding hydrogens is 298 g/mol. The van der Waals surface area contributed by atoms with Gasteiger partial charge in [-0.1, -0.05) is 27.2 Å². The summed E-state index contributed by atoms with van der Waals surface area (Å²) in [5.74, 6) is 2.24. The number of rotatable bonds is 3. The van der Waals surface area contributed by atoms with Crippen molar-refractivity contribution in [2.45, 2.75) is 62.3 Å². The topological polar surface area (TPSA) is 37.8 Å². The second-order valence-corrected chi connectivity index (χ2v) is 8.99. The van der Waals surface area contributed by atoms with Gasteiger partial charge in [-0.3, -0.25) is 0 Å². The highest BCUT2D eigenvalue weighted by molar-refractivity contribution is 8.07. The number of nitrogens with zero attached hydrogens (tertiary/aromatic N) is 2. The van der Waals surface area contributed by atoms with Crippen molar-refractivity contribution in [1.82, 2.24) is 15.3 Å². The van der Waals surface area contributed by atoms with Gasteiger partial charge in [0.1, 0.15) is 5.82 Å². The van der Waals surface area contributed by atoms with Crippen LogP contribution >= 0.6 is 23.5 Å². The van der Waals surface area contributed by atoms with E-state index in [1.807, 2.05) is 0 Å². The monoisotopic (exact) mass is 323 g/mol. The van der Waals surface area contributed by atoms with Gasteiger partial charge in [0.05, 0.1) is 10.9 Å². The van der Waals surface area contributed by atoms with Crippen LogP contribution in [-0.2, 0) is 19.4 Å². The van der Waals surface area contributed by atoms with E-state index in [1.165, 1.54) is 17.0 Å². The summed E-state index contributed by atoms with van der Waals surface area (Å²) >= 11 is 4.14. The summed E-state index contributed by atoms with van der Waals surface area (Å²) < 4.78 is 0. The summed E-state index contributed by atoms with van der Waals surface area (Å²) in [6, 6.07) is 0. The Labute approximate surface area is 136 Å². The Kier molecular flexibility index (Phi) is 5.12. The largest absolute Gasteiger partial charge is 0.312 e. The lowest BCUT2D eigenvalue weighted by Gasteiger charge is -2.31. The molecule has 0 aliphatic carbocycles. The summed E-state index contributed by atoms with van der Waals surface area (Å²) in [7, 11) is 0. The maximum atomic E-state index is 4.97. The highest BCUT2D eigenvalue weighted by Gasteiger charge is 2.29. The Morgan fingerprint density at radius 3 is 2.86 bits per heavy atom. The first-order chi connectivity index (χ1) is 10.2. The van der Waals surface area contributed by atoms with Crippen LogP contribution in [0.25, 0.3) is 0 Å². The molecule has 0 saturated carbocycles. The number of hydrogen-bond acceptors (Lipinski definition) is 5. The summed E-state index contributed by atoms with van der Waals surface area (Å²) in [6.07, 6.45) is 3.29. The highest BCUT2D eigenvalue weighted by Crippen LogP contribution is 2.43. The molecule has 1 fully saturated rings. The van der Waals surface area contributed by atoms with Crippen molar-refractivity contribution in [3.63, 3.8) is 0 Å². The molecule has 0 aromatic carbocycles. The van der Waals surface area contributed by atoms with Crippen molar-refractivity contribution < 1.29 is 0 Å². The van der Waals surface area contributed by atoms with E-state index in [0.29, 0.717) is 10.5 Å². The zero-order chi connectivity index (χ0) is 14.8. The minimum Gasteiger partial charge on any atom is -0.312 e. The molecule has 1 aromatic rings. The number of aryl methyl sites for hydroxylation is 1. The van der Waals surface area contributed by atoms with Crippen LogP contribution < -0.4 is 5.32 Å². The van der Waals surface area contributed by atoms with Gasteiger partial charge in [0.25, 0.3) is 0 Å². The van der Waals surface area contributed by atoms with Crippen LogP contribution in [0.4, 0.5) is 0 Å². The van der Waals surface area contributed by atoms with Crippen LogP contribution in [0.2, 0.25) is 0 Å². The van der Waals surface area contributed by atoms with Crippen LogP contribution in [0, 0.1) is 0 Å². The van der Waals surface area contributed by atoms with Gasteiger partial charge in [0.15, 0.2) is 0 Å². The van der Waals surface area contributed by atoms with E-state index in [9.17, 15) is 0 Å². The molecule has 0 bridgehead atoms. The molecule has 0 amide bonds. The maximum Gasteiger partial charge on any atom is 0.142 e. The molecule has 1 saturated heterocycles. The van der Waals surface area contributed by atoms with Crippen LogP contribution in [0.5, 0.6) is 0 Å². The minimum atomic E-state index is 0.469. The van der Waals surface area contributed by atoms with E-state index in [-0.39, 0.29) is 0 Å². The van der Waals surface area contributed by atoms with Gasteiger partial charge in [0, 0.05) is 47.0 Å². The van der Waals surface area contributed by atoms with Crippen LogP contribution in [0.1, 0.15) is 55.2 Å². The van der Waals surface area contributed by atoms with E-state index in [0.717, 1.165) is 49.2 Å². The summed E-state index contributed by atoms with van der Waals surface area (Å²) in [6.45, 7) is 8.91. The van der Waals surface area contributed by atoms with Crippen molar-refractivity contribution in [2.75, 3.05) is 12.3 Å². The quantitative estimate of drug-likeness (QED) is 0.923. The van der Waals surface area contributed by atoms with Gasteiger partial charge in [-0.2, -0.15) is 11.8 Å². The lowest BCUT2D eigenvalue weighted by atomic mass is 10.0. The smallest absolute Gasteiger partial charge is 0.142 e. The predicted octanol–water partition coefficient (Wildman–Crippen LogP) is 3.37. The summed E-state index contributed by atoms with van der Waals surface area (Å²) in [5.41, 5.74) is 3.97. The van der Waals surface area contributed by atoms with Crippen molar-refractivity contribution in [3.8, 4) is 0 Å². The maximum absolute atomic E-state index is 4.97. The highest BCUT2D eigenvalue weighted by atomic mass is 32.2. The fourth-order valence-electron chi connectivity index (χ4n) is 2.94. The minimum absolute atomic E-state index is 0.469.